The van der Waals surface area contributed by atoms with Crippen LogP contribution < -0.4 is 0 Å². The molecule has 0 N–H and O–H groups in total. The highest BCUT2D eigenvalue weighted by molar-refractivity contribution is 7.89. The summed E-state index contributed by atoms with van der Waals surface area (Å²) in [4.78, 5) is 13.8. The molecule has 3 rings (SSSR count). The average Bonchev–Trinajstić information content (AvgIpc) is 2.68. The summed E-state index contributed by atoms with van der Waals surface area (Å²) < 4.78 is 77.8. The summed E-state index contributed by atoms with van der Waals surface area (Å²) in [5.74, 6) is -0.919. The molecule has 2 aromatic rings. The summed E-state index contributed by atoms with van der Waals surface area (Å²) in [6.07, 6.45) is -4.69. The molecule has 0 atom stereocenters. The van der Waals surface area contributed by atoms with Gasteiger partial charge in [-0.2, -0.15) is 17.5 Å². The van der Waals surface area contributed by atoms with Crippen molar-refractivity contribution in [3.8, 4) is 0 Å². The third-order valence-corrected chi connectivity index (χ3v) is 6.57. The Morgan fingerprint density at radius 1 is 0.966 bits per heavy atom. The molecule has 10 heteroatoms. The van der Waals surface area contributed by atoms with Gasteiger partial charge in [-0.3, -0.25) is 4.79 Å². The second-order valence-corrected chi connectivity index (χ2v) is 8.55. The Labute approximate surface area is 165 Å². The zero-order chi connectivity index (χ0) is 21.2. The first-order valence-electron chi connectivity index (χ1n) is 8.77. The minimum absolute atomic E-state index is 0.0392. The Balaban J connectivity index is 1.62. The lowest BCUT2D eigenvalue weighted by molar-refractivity contribution is -0.138. The van der Waals surface area contributed by atoms with Gasteiger partial charge in [-0.1, -0.05) is 18.2 Å². The number of alkyl halides is 3. The fourth-order valence-corrected chi connectivity index (χ4v) is 4.50. The van der Waals surface area contributed by atoms with Crippen LogP contribution in [0.3, 0.4) is 0 Å². The summed E-state index contributed by atoms with van der Waals surface area (Å²) >= 11 is 0. The van der Waals surface area contributed by atoms with E-state index in [1.807, 2.05) is 0 Å². The molecule has 0 unspecified atom stereocenters. The molecule has 1 saturated heterocycles. The van der Waals surface area contributed by atoms with Crippen molar-refractivity contribution in [2.75, 3.05) is 26.2 Å². The van der Waals surface area contributed by atoms with E-state index < -0.39 is 27.6 Å². The predicted molar refractivity (Wildman–Crippen MR) is 96.9 cm³/mol. The van der Waals surface area contributed by atoms with Crippen molar-refractivity contribution in [2.45, 2.75) is 17.5 Å². The number of sulfonamides is 1. The summed E-state index contributed by atoms with van der Waals surface area (Å²) in [5.41, 5.74) is -0.579. The molecule has 156 valence electrons. The lowest BCUT2D eigenvalue weighted by Crippen LogP contribution is -2.50. The standard InChI is InChI=1S/C19H18F4N2O3S/c20-16-4-6-17(7-5-16)29(27,28)25-10-8-24(9-11-25)18(26)13-14-2-1-3-15(12-14)19(21,22)23/h1-7,12H,8-11,13H2. The van der Waals surface area contributed by atoms with Crippen molar-refractivity contribution < 1.29 is 30.8 Å². The fourth-order valence-electron chi connectivity index (χ4n) is 3.08. The first kappa shape index (κ1) is 21.3. The van der Waals surface area contributed by atoms with Crippen LogP contribution in [-0.4, -0.2) is 49.7 Å². The molecule has 29 heavy (non-hydrogen) atoms. The van der Waals surface area contributed by atoms with E-state index in [2.05, 4.69) is 0 Å². The van der Waals surface area contributed by atoms with Gasteiger partial charge in [0.25, 0.3) is 0 Å². The van der Waals surface area contributed by atoms with Gasteiger partial charge < -0.3 is 4.90 Å². The maximum atomic E-state index is 13.0. The molecular formula is C19H18F4N2O3S. The number of amides is 1. The predicted octanol–water partition coefficient (Wildman–Crippen LogP) is 2.92. The van der Waals surface area contributed by atoms with Crippen LogP contribution in [0.4, 0.5) is 17.6 Å². The number of hydrogen-bond acceptors (Lipinski definition) is 3. The van der Waals surface area contributed by atoms with Gasteiger partial charge in [0.2, 0.25) is 15.9 Å². The molecule has 2 aromatic carbocycles. The van der Waals surface area contributed by atoms with Crippen molar-refractivity contribution in [1.29, 1.82) is 0 Å². The first-order valence-corrected chi connectivity index (χ1v) is 10.2. The maximum Gasteiger partial charge on any atom is 0.416 e. The van der Waals surface area contributed by atoms with E-state index in [4.69, 9.17) is 0 Å². The van der Waals surface area contributed by atoms with E-state index in [0.717, 1.165) is 24.3 Å². The highest BCUT2D eigenvalue weighted by Gasteiger charge is 2.32. The topological polar surface area (TPSA) is 57.7 Å². The van der Waals surface area contributed by atoms with Crippen LogP contribution in [-0.2, 0) is 27.4 Å². The highest BCUT2D eigenvalue weighted by atomic mass is 32.2. The molecule has 0 saturated carbocycles. The van der Waals surface area contributed by atoms with E-state index in [0.29, 0.717) is 0 Å². The van der Waals surface area contributed by atoms with Crippen LogP contribution in [0.1, 0.15) is 11.1 Å². The molecule has 0 aliphatic carbocycles. The largest absolute Gasteiger partial charge is 0.416 e. The van der Waals surface area contributed by atoms with Gasteiger partial charge >= 0.3 is 6.18 Å². The number of nitrogens with zero attached hydrogens (tertiary/aromatic N) is 2. The minimum atomic E-state index is -4.49. The molecule has 1 amide bonds. The van der Waals surface area contributed by atoms with E-state index in [1.54, 1.807) is 0 Å². The number of carbonyl (C=O) groups excluding carboxylic acids is 1. The van der Waals surface area contributed by atoms with Gasteiger partial charge in [-0.05, 0) is 35.9 Å². The van der Waals surface area contributed by atoms with Crippen molar-refractivity contribution in [3.63, 3.8) is 0 Å². The van der Waals surface area contributed by atoms with Gasteiger partial charge in [-0.25, -0.2) is 12.8 Å². The Hall–Kier alpha value is -2.46. The number of piperazine rings is 1. The molecule has 1 fully saturated rings. The summed E-state index contributed by atoms with van der Waals surface area (Å²) in [6, 6.07) is 9.04. The monoisotopic (exact) mass is 430 g/mol. The van der Waals surface area contributed by atoms with Crippen LogP contribution in [0.25, 0.3) is 0 Å². The molecule has 5 nitrogen and oxygen atoms in total. The molecular weight excluding hydrogens is 412 g/mol. The van der Waals surface area contributed by atoms with Crippen molar-refractivity contribution in [1.82, 2.24) is 9.21 Å². The molecule has 0 bridgehead atoms. The second-order valence-electron chi connectivity index (χ2n) is 6.61. The smallest absolute Gasteiger partial charge is 0.340 e. The van der Waals surface area contributed by atoms with E-state index in [9.17, 15) is 30.8 Å². The minimum Gasteiger partial charge on any atom is -0.340 e. The Morgan fingerprint density at radius 3 is 2.17 bits per heavy atom. The molecule has 1 heterocycles. The number of halogens is 4. The zero-order valence-corrected chi connectivity index (χ0v) is 16.0. The third kappa shape index (κ3) is 4.94. The lowest BCUT2D eigenvalue weighted by Gasteiger charge is -2.34. The number of rotatable bonds is 4. The molecule has 0 aromatic heterocycles. The summed E-state index contributed by atoms with van der Waals surface area (Å²) in [6.45, 7) is 0.346. The van der Waals surface area contributed by atoms with Crippen molar-refractivity contribution in [2.24, 2.45) is 0 Å². The van der Waals surface area contributed by atoms with Crippen LogP contribution in [0, 0.1) is 5.82 Å². The van der Waals surface area contributed by atoms with Crippen molar-refractivity contribution >= 4 is 15.9 Å². The zero-order valence-electron chi connectivity index (χ0n) is 15.2. The first-order chi connectivity index (χ1) is 13.6. The Morgan fingerprint density at radius 2 is 1.59 bits per heavy atom. The fraction of sp³-hybridized carbons (Fsp3) is 0.316. The van der Waals surface area contributed by atoms with Crippen molar-refractivity contribution in [3.05, 3.63) is 65.5 Å². The third-order valence-electron chi connectivity index (χ3n) is 4.65. The highest BCUT2D eigenvalue weighted by Crippen LogP contribution is 2.29. The van der Waals surface area contributed by atoms with Crippen LogP contribution in [0.15, 0.2) is 53.4 Å². The molecule has 1 aliphatic rings. The SMILES string of the molecule is O=C(Cc1cccc(C(F)(F)F)c1)N1CCN(S(=O)(=O)c2ccc(F)cc2)CC1. The van der Waals surface area contributed by atoms with Crippen LogP contribution >= 0.6 is 0 Å². The van der Waals surface area contributed by atoms with Crippen LogP contribution in [0.2, 0.25) is 0 Å². The summed E-state index contributed by atoms with van der Waals surface area (Å²) in [7, 11) is -3.81. The maximum absolute atomic E-state index is 13.0. The molecule has 1 aliphatic heterocycles. The van der Waals surface area contributed by atoms with E-state index >= 15 is 0 Å². The van der Waals surface area contributed by atoms with Gasteiger partial charge in [0.15, 0.2) is 0 Å². The average molecular weight is 430 g/mol. The van der Waals surface area contributed by atoms with Gasteiger partial charge in [-0.15, -0.1) is 0 Å². The van der Waals surface area contributed by atoms with Gasteiger partial charge in [0.05, 0.1) is 16.9 Å². The lowest BCUT2D eigenvalue weighted by atomic mass is 10.1. The normalized spacial score (nSPS) is 16.1. The number of benzene rings is 2. The second kappa shape index (κ2) is 8.11. The number of hydrogen-bond donors (Lipinski definition) is 0. The summed E-state index contributed by atoms with van der Waals surface area (Å²) in [5, 5.41) is 0. The van der Waals surface area contributed by atoms with Crippen LogP contribution in [0.5, 0.6) is 0 Å². The Bertz CT molecular complexity index is 983. The number of carbonyl (C=O) groups is 1. The molecule has 0 radical (unpaired) electrons. The Kier molecular flexibility index (Phi) is 5.95. The van der Waals surface area contributed by atoms with Gasteiger partial charge in [0.1, 0.15) is 5.82 Å². The van der Waals surface area contributed by atoms with Gasteiger partial charge in [0, 0.05) is 26.2 Å². The van der Waals surface area contributed by atoms with E-state index in [-0.39, 0.29) is 49.0 Å². The quantitative estimate of drug-likeness (QED) is 0.701. The molecule has 0 spiro atoms. The van der Waals surface area contributed by atoms with E-state index in [1.165, 1.54) is 33.5 Å².